The molecule has 0 aliphatic carbocycles. The van der Waals surface area contributed by atoms with Crippen molar-refractivity contribution in [3.05, 3.63) is 65.3 Å². The first-order chi connectivity index (χ1) is 11.7. The summed E-state index contributed by atoms with van der Waals surface area (Å²) in [5, 5.41) is 12.2. The average Bonchev–Trinajstić information content (AvgIpc) is 3.02. The van der Waals surface area contributed by atoms with Crippen LogP contribution in [-0.2, 0) is 4.79 Å². The van der Waals surface area contributed by atoms with Gasteiger partial charge in [-0.2, -0.15) is 0 Å². The Labute approximate surface area is 153 Å². The highest BCUT2D eigenvalue weighted by molar-refractivity contribution is 7.19. The van der Waals surface area contributed by atoms with Crippen molar-refractivity contribution in [3.8, 4) is 0 Å². The van der Waals surface area contributed by atoms with E-state index in [2.05, 4.69) is 10.3 Å². The van der Waals surface area contributed by atoms with Gasteiger partial charge in [-0.05, 0) is 47.9 Å². The van der Waals surface area contributed by atoms with Gasteiger partial charge in [-0.1, -0.05) is 6.07 Å². The fourth-order valence-corrected chi connectivity index (χ4v) is 3.06. The van der Waals surface area contributed by atoms with Crippen LogP contribution in [-0.4, -0.2) is 22.0 Å². The standard InChI is InChI=1S/C17H13N3O3S.ClH/c21-16(20-23)7-5-13-10-11-9-12(4-6-15(11)24-13)19-17(22)14-3-1-2-8-18-14;/h1-10,23H,(H,19,22)(H,20,21);1H/b7-5+;. The number of hydrogen-bond donors (Lipinski definition) is 3. The molecule has 0 radical (unpaired) electrons. The Morgan fingerprint density at radius 2 is 2.00 bits per heavy atom. The molecular formula is C17H14ClN3O3S. The minimum atomic E-state index is -0.587. The van der Waals surface area contributed by atoms with E-state index in [4.69, 9.17) is 5.21 Å². The predicted molar refractivity (Wildman–Crippen MR) is 100 cm³/mol. The van der Waals surface area contributed by atoms with E-state index in [0.29, 0.717) is 11.4 Å². The molecule has 3 aromatic rings. The normalized spacial score (nSPS) is 10.4. The van der Waals surface area contributed by atoms with Crippen molar-refractivity contribution in [1.82, 2.24) is 10.5 Å². The second kappa shape index (κ2) is 8.39. The predicted octanol–water partition coefficient (Wildman–Crippen LogP) is 3.49. The lowest BCUT2D eigenvalue weighted by atomic mass is 10.2. The second-order valence-corrected chi connectivity index (χ2v) is 6.00. The van der Waals surface area contributed by atoms with Gasteiger partial charge in [-0.3, -0.25) is 19.8 Å². The summed E-state index contributed by atoms with van der Waals surface area (Å²) >= 11 is 1.50. The van der Waals surface area contributed by atoms with Crippen LogP contribution in [0.1, 0.15) is 15.4 Å². The van der Waals surface area contributed by atoms with Gasteiger partial charge in [-0.15, -0.1) is 23.7 Å². The zero-order valence-corrected chi connectivity index (χ0v) is 14.4. The number of anilines is 1. The number of carbonyl (C=O) groups is 2. The number of aromatic nitrogens is 1. The smallest absolute Gasteiger partial charge is 0.274 e. The number of hydroxylamine groups is 1. The molecule has 25 heavy (non-hydrogen) atoms. The third-order valence-corrected chi connectivity index (χ3v) is 4.28. The van der Waals surface area contributed by atoms with Crippen LogP contribution >= 0.6 is 23.7 Å². The van der Waals surface area contributed by atoms with Crippen LogP contribution in [0.25, 0.3) is 16.2 Å². The molecular weight excluding hydrogens is 362 g/mol. The maximum Gasteiger partial charge on any atom is 0.274 e. The third-order valence-electron chi connectivity index (χ3n) is 3.20. The summed E-state index contributed by atoms with van der Waals surface area (Å²) in [6, 6.07) is 12.6. The van der Waals surface area contributed by atoms with Gasteiger partial charge < -0.3 is 5.32 Å². The molecule has 8 heteroatoms. The first kappa shape index (κ1) is 18.6. The van der Waals surface area contributed by atoms with Crippen molar-refractivity contribution in [2.24, 2.45) is 0 Å². The van der Waals surface area contributed by atoms with Crippen molar-refractivity contribution < 1.29 is 14.8 Å². The quantitative estimate of drug-likeness (QED) is 0.370. The molecule has 2 heterocycles. The topological polar surface area (TPSA) is 91.3 Å². The molecule has 1 aromatic carbocycles. The minimum absolute atomic E-state index is 0. The van der Waals surface area contributed by atoms with E-state index in [1.165, 1.54) is 17.4 Å². The number of amides is 2. The number of fused-ring (bicyclic) bond motifs is 1. The van der Waals surface area contributed by atoms with Crippen LogP contribution in [0.15, 0.2) is 54.7 Å². The maximum atomic E-state index is 12.1. The Balaban J connectivity index is 0.00000225. The highest BCUT2D eigenvalue weighted by Gasteiger charge is 2.08. The number of hydrogen-bond acceptors (Lipinski definition) is 5. The molecule has 0 aliphatic rings. The van der Waals surface area contributed by atoms with Crippen LogP contribution < -0.4 is 10.8 Å². The Kier molecular flexibility index (Phi) is 6.24. The van der Waals surface area contributed by atoms with E-state index >= 15 is 0 Å². The summed E-state index contributed by atoms with van der Waals surface area (Å²) in [4.78, 5) is 28.0. The van der Waals surface area contributed by atoms with Gasteiger partial charge in [0.1, 0.15) is 5.69 Å². The van der Waals surface area contributed by atoms with Crippen molar-refractivity contribution in [2.75, 3.05) is 5.32 Å². The Bertz CT molecular complexity index is 925. The molecule has 128 valence electrons. The van der Waals surface area contributed by atoms with E-state index in [-0.39, 0.29) is 18.3 Å². The summed E-state index contributed by atoms with van der Waals surface area (Å²) in [5.41, 5.74) is 2.56. The van der Waals surface area contributed by atoms with Crippen molar-refractivity contribution in [1.29, 1.82) is 0 Å². The molecule has 3 N–H and O–H groups in total. The molecule has 0 saturated heterocycles. The monoisotopic (exact) mass is 375 g/mol. The number of halogens is 1. The van der Waals surface area contributed by atoms with Gasteiger partial charge in [0.05, 0.1) is 0 Å². The number of benzene rings is 1. The number of nitrogens with zero attached hydrogens (tertiary/aromatic N) is 1. The maximum absolute atomic E-state index is 12.1. The zero-order valence-electron chi connectivity index (χ0n) is 12.8. The lowest BCUT2D eigenvalue weighted by molar-refractivity contribution is -0.124. The molecule has 6 nitrogen and oxygen atoms in total. The fraction of sp³-hybridized carbons (Fsp3) is 0. The molecule has 2 aromatic heterocycles. The fourth-order valence-electron chi connectivity index (χ4n) is 2.11. The highest BCUT2D eigenvalue weighted by atomic mass is 35.5. The first-order valence-electron chi connectivity index (χ1n) is 7.04. The summed E-state index contributed by atoms with van der Waals surface area (Å²) < 4.78 is 1.02. The van der Waals surface area contributed by atoms with Gasteiger partial charge >= 0.3 is 0 Å². The minimum Gasteiger partial charge on any atom is -0.321 e. The van der Waals surface area contributed by atoms with Gasteiger partial charge in [0.15, 0.2) is 0 Å². The number of pyridine rings is 1. The molecule has 0 spiro atoms. The number of thiophene rings is 1. The first-order valence-corrected chi connectivity index (χ1v) is 7.85. The van der Waals surface area contributed by atoms with Gasteiger partial charge in [-0.25, -0.2) is 5.48 Å². The summed E-state index contributed by atoms with van der Waals surface area (Å²) in [6.45, 7) is 0. The van der Waals surface area contributed by atoms with Crippen LogP contribution in [0, 0.1) is 0 Å². The Morgan fingerprint density at radius 3 is 2.72 bits per heavy atom. The van der Waals surface area contributed by atoms with Crippen molar-refractivity contribution in [3.63, 3.8) is 0 Å². The van der Waals surface area contributed by atoms with Gasteiger partial charge in [0, 0.05) is 27.5 Å². The van der Waals surface area contributed by atoms with Crippen molar-refractivity contribution >= 4 is 57.4 Å². The molecule has 0 saturated carbocycles. The lowest BCUT2D eigenvalue weighted by Gasteiger charge is -2.04. The molecule has 3 rings (SSSR count). The summed E-state index contributed by atoms with van der Waals surface area (Å²) in [5.74, 6) is -0.860. The molecule has 0 fully saturated rings. The lowest BCUT2D eigenvalue weighted by Crippen LogP contribution is -2.14. The molecule has 2 amide bonds. The van der Waals surface area contributed by atoms with Crippen LogP contribution in [0.4, 0.5) is 5.69 Å². The molecule has 0 atom stereocenters. The van der Waals surface area contributed by atoms with E-state index in [0.717, 1.165) is 15.0 Å². The van der Waals surface area contributed by atoms with Gasteiger partial charge in [0.25, 0.3) is 11.8 Å². The molecule has 0 aliphatic heterocycles. The Hall–Kier alpha value is -2.74. The van der Waals surface area contributed by atoms with Crippen LogP contribution in [0.3, 0.4) is 0 Å². The average molecular weight is 376 g/mol. The molecule has 0 unspecified atom stereocenters. The van der Waals surface area contributed by atoms with Crippen LogP contribution in [0.5, 0.6) is 0 Å². The summed E-state index contributed by atoms with van der Waals surface area (Å²) in [6.07, 6.45) is 4.43. The summed E-state index contributed by atoms with van der Waals surface area (Å²) in [7, 11) is 0. The van der Waals surface area contributed by atoms with Crippen LogP contribution in [0.2, 0.25) is 0 Å². The van der Waals surface area contributed by atoms with Gasteiger partial charge in [0.2, 0.25) is 0 Å². The number of nitrogens with one attached hydrogen (secondary N) is 2. The Morgan fingerprint density at radius 1 is 1.16 bits per heavy atom. The number of rotatable bonds is 4. The van der Waals surface area contributed by atoms with E-state index in [9.17, 15) is 9.59 Å². The molecule has 0 bridgehead atoms. The largest absolute Gasteiger partial charge is 0.321 e. The zero-order chi connectivity index (χ0) is 16.9. The van der Waals surface area contributed by atoms with Crippen molar-refractivity contribution in [2.45, 2.75) is 0 Å². The van der Waals surface area contributed by atoms with E-state index in [1.807, 2.05) is 24.3 Å². The SMILES string of the molecule is Cl.O=C(/C=C/c1cc2cc(NC(=O)c3ccccn3)ccc2s1)NO. The van der Waals surface area contributed by atoms with E-state index < -0.39 is 5.91 Å². The van der Waals surface area contributed by atoms with E-state index in [1.54, 1.807) is 36.0 Å². The third kappa shape index (κ3) is 4.63. The highest BCUT2D eigenvalue weighted by Crippen LogP contribution is 2.29. The second-order valence-electron chi connectivity index (χ2n) is 4.88. The number of carbonyl (C=O) groups excluding carboxylic acids is 2.